The van der Waals surface area contributed by atoms with Crippen LogP contribution in [0.5, 0.6) is 0 Å². The summed E-state index contributed by atoms with van der Waals surface area (Å²) in [7, 11) is 0. The largest absolute Gasteiger partial charge is 0.463 e. The van der Waals surface area contributed by atoms with E-state index in [1.54, 1.807) is 17.6 Å². The zero-order valence-corrected chi connectivity index (χ0v) is 12.9. The van der Waals surface area contributed by atoms with Crippen LogP contribution in [0.1, 0.15) is 29.3 Å². The van der Waals surface area contributed by atoms with Gasteiger partial charge >= 0.3 is 0 Å². The van der Waals surface area contributed by atoms with Crippen LogP contribution in [0, 0.1) is 6.92 Å². The molecular weight excluding hydrogens is 270 g/mol. The van der Waals surface area contributed by atoms with Crippen molar-refractivity contribution in [3.63, 3.8) is 0 Å². The molecule has 5 heteroatoms. The Labute approximate surface area is 123 Å². The number of rotatable bonds is 4. The molecule has 0 spiro atoms. The molecule has 1 aliphatic heterocycles. The van der Waals surface area contributed by atoms with Crippen LogP contribution in [-0.2, 0) is 0 Å². The van der Waals surface area contributed by atoms with Gasteiger partial charge in [0.15, 0.2) is 5.76 Å². The number of aromatic nitrogens is 1. The second-order valence-corrected chi connectivity index (χ2v) is 6.38. The van der Waals surface area contributed by atoms with Gasteiger partial charge in [0.05, 0.1) is 12.3 Å². The monoisotopic (exact) mass is 291 g/mol. The maximum atomic E-state index is 5.49. The van der Waals surface area contributed by atoms with E-state index in [-0.39, 0.29) is 0 Å². The Morgan fingerprint density at radius 1 is 1.45 bits per heavy atom. The Morgan fingerprint density at radius 2 is 2.25 bits per heavy atom. The van der Waals surface area contributed by atoms with Crippen molar-refractivity contribution in [1.82, 2.24) is 15.2 Å². The molecule has 0 aromatic carbocycles. The van der Waals surface area contributed by atoms with E-state index in [2.05, 4.69) is 24.1 Å². The normalized spacial score (nSPS) is 18.3. The zero-order chi connectivity index (χ0) is 13.9. The topological polar surface area (TPSA) is 41.3 Å². The molecule has 1 saturated heterocycles. The van der Waals surface area contributed by atoms with Crippen LogP contribution in [0.15, 0.2) is 22.8 Å². The SMILES string of the molecule is CCC(c1nc(-c2ccco2)c(C)s1)N1CCNCC1. The Hall–Kier alpha value is -1.17. The van der Waals surface area contributed by atoms with Crippen LogP contribution in [-0.4, -0.2) is 36.1 Å². The number of hydrogen-bond donors (Lipinski definition) is 1. The van der Waals surface area contributed by atoms with Crippen molar-refractivity contribution in [3.8, 4) is 11.5 Å². The minimum Gasteiger partial charge on any atom is -0.463 e. The third-order valence-corrected chi connectivity index (χ3v) is 4.90. The summed E-state index contributed by atoms with van der Waals surface area (Å²) < 4.78 is 5.49. The highest BCUT2D eigenvalue weighted by molar-refractivity contribution is 7.12. The van der Waals surface area contributed by atoms with Gasteiger partial charge in [-0.1, -0.05) is 6.92 Å². The van der Waals surface area contributed by atoms with Crippen molar-refractivity contribution in [3.05, 3.63) is 28.3 Å². The summed E-state index contributed by atoms with van der Waals surface area (Å²) in [4.78, 5) is 8.64. The van der Waals surface area contributed by atoms with E-state index in [9.17, 15) is 0 Å². The number of piperazine rings is 1. The molecule has 2 aromatic rings. The van der Waals surface area contributed by atoms with Gasteiger partial charge in [-0.2, -0.15) is 0 Å². The van der Waals surface area contributed by atoms with E-state index in [0.29, 0.717) is 6.04 Å². The minimum atomic E-state index is 0.435. The van der Waals surface area contributed by atoms with Gasteiger partial charge in [-0.05, 0) is 25.5 Å². The standard InChI is InChI=1S/C15H21N3OS/c1-3-12(18-8-6-16-7-9-18)15-17-14(11(2)20-15)13-5-4-10-19-13/h4-5,10,12,16H,3,6-9H2,1-2H3. The van der Waals surface area contributed by atoms with E-state index in [1.807, 2.05) is 12.1 Å². The van der Waals surface area contributed by atoms with Gasteiger partial charge in [0, 0.05) is 31.1 Å². The second kappa shape index (κ2) is 6.08. The lowest BCUT2D eigenvalue weighted by molar-refractivity contribution is 0.169. The third-order valence-electron chi connectivity index (χ3n) is 3.83. The van der Waals surface area contributed by atoms with Gasteiger partial charge in [0.25, 0.3) is 0 Å². The molecule has 0 bridgehead atoms. The molecule has 2 aromatic heterocycles. The second-order valence-electron chi connectivity index (χ2n) is 5.14. The summed E-state index contributed by atoms with van der Waals surface area (Å²) in [5, 5.41) is 4.63. The predicted molar refractivity (Wildman–Crippen MR) is 82.0 cm³/mol. The number of aryl methyl sites for hydroxylation is 1. The lowest BCUT2D eigenvalue weighted by Crippen LogP contribution is -2.45. The van der Waals surface area contributed by atoms with Crippen LogP contribution in [0.2, 0.25) is 0 Å². The molecular formula is C15H21N3OS. The first-order chi connectivity index (χ1) is 9.79. The third kappa shape index (κ3) is 2.66. The van der Waals surface area contributed by atoms with Crippen molar-refractivity contribution < 1.29 is 4.42 Å². The van der Waals surface area contributed by atoms with E-state index in [1.165, 1.54) is 9.88 Å². The van der Waals surface area contributed by atoms with Crippen molar-refractivity contribution in [2.75, 3.05) is 26.2 Å². The molecule has 4 nitrogen and oxygen atoms in total. The molecule has 3 heterocycles. The van der Waals surface area contributed by atoms with E-state index >= 15 is 0 Å². The summed E-state index contributed by atoms with van der Waals surface area (Å²) in [6.07, 6.45) is 2.81. The van der Waals surface area contributed by atoms with Crippen molar-refractivity contribution in [2.45, 2.75) is 26.3 Å². The first-order valence-electron chi connectivity index (χ1n) is 7.25. The fourth-order valence-corrected chi connectivity index (χ4v) is 3.93. The highest BCUT2D eigenvalue weighted by atomic mass is 32.1. The quantitative estimate of drug-likeness (QED) is 0.940. The van der Waals surface area contributed by atoms with Gasteiger partial charge in [0.2, 0.25) is 0 Å². The molecule has 1 atom stereocenters. The summed E-state index contributed by atoms with van der Waals surface area (Å²) in [5.74, 6) is 0.875. The molecule has 20 heavy (non-hydrogen) atoms. The van der Waals surface area contributed by atoms with Crippen LogP contribution in [0.3, 0.4) is 0 Å². The number of thiazole rings is 1. The van der Waals surface area contributed by atoms with Crippen LogP contribution in [0.25, 0.3) is 11.5 Å². The molecule has 108 valence electrons. The summed E-state index contributed by atoms with van der Waals surface area (Å²) in [5.41, 5.74) is 1.00. The number of nitrogens with zero attached hydrogens (tertiary/aromatic N) is 2. The lowest BCUT2D eigenvalue weighted by atomic mass is 10.1. The van der Waals surface area contributed by atoms with Gasteiger partial charge in [-0.15, -0.1) is 11.3 Å². The van der Waals surface area contributed by atoms with Crippen LogP contribution in [0.4, 0.5) is 0 Å². The minimum absolute atomic E-state index is 0.435. The molecule has 1 unspecified atom stereocenters. The first-order valence-corrected chi connectivity index (χ1v) is 8.07. The maximum Gasteiger partial charge on any atom is 0.153 e. The Bertz CT molecular complexity index is 543. The van der Waals surface area contributed by atoms with Crippen molar-refractivity contribution in [2.24, 2.45) is 0 Å². The van der Waals surface area contributed by atoms with Gasteiger partial charge < -0.3 is 9.73 Å². The highest BCUT2D eigenvalue weighted by Crippen LogP contribution is 2.34. The fourth-order valence-electron chi connectivity index (χ4n) is 2.78. The Morgan fingerprint density at radius 3 is 2.90 bits per heavy atom. The highest BCUT2D eigenvalue weighted by Gasteiger charge is 2.24. The van der Waals surface area contributed by atoms with E-state index in [4.69, 9.17) is 9.40 Å². The number of nitrogens with one attached hydrogen (secondary N) is 1. The summed E-state index contributed by atoms with van der Waals surface area (Å²) >= 11 is 1.81. The molecule has 0 amide bonds. The van der Waals surface area contributed by atoms with Crippen molar-refractivity contribution >= 4 is 11.3 Å². The van der Waals surface area contributed by atoms with Crippen LogP contribution >= 0.6 is 11.3 Å². The average molecular weight is 291 g/mol. The van der Waals surface area contributed by atoms with E-state index < -0.39 is 0 Å². The Balaban J connectivity index is 1.87. The van der Waals surface area contributed by atoms with Crippen molar-refractivity contribution in [1.29, 1.82) is 0 Å². The molecule has 1 fully saturated rings. The smallest absolute Gasteiger partial charge is 0.153 e. The lowest BCUT2D eigenvalue weighted by Gasteiger charge is -2.33. The van der Waals surface area contributed by atoms with Crippen LogP contribution < -0.4 is 5.32 Å². The van der Waals surface area contributed by atoms with Gasteiger partial charge in [-0.3, -0.25) is 4.90 Å². The molecule has 1 N–H and O–H groups in total. The summed E-state index contributed by atoms with van der Waals surface area (Å²) in [6, 6.07) is 4.34. The van der Waals surface area contributed by atoms with Gasteiger partial charge in [-0.25, -0.2) is 4.98 Å². The predicted octanol–water partition coefficient (Wildman–Crippen LogP) is 3.07. The fraction of sp³-hybridized carbons (Fsp3) is 0.533. The summed E-state index contributed by atoms with van der Waals surface area (Å²) in [6.45, 7) is 8.73. The number of furan rings is 1. The molecule has 0 saturated carbocycles. The number of hydrogen-bond acceptors (Lipinski definition) is 5. The molecule has 1 aliphatic rings. The maximum absolute atomic E-state index is 5.49. The average Bonchev–Trinajstić information content (AvgIpc) is 3.10. The molecule has 3 rings (SSSR count). The first kappa shape index (κ1) is 13.8. The zero-order valence-electron chi connectivity index (χ0n) is 12.1. The van der Waals surface area contributed by atoms with E-state index in [0.717, 1.165) is 44.1 Å². The molecule has 0 radical (unpaired) electrons. The Kier molecular flexibility index (Phi) is 4.19. The van der Waals surface area contributed by atoms with Gasteiger partial charge in [0.1, 0.15) is 10.7 Å². The molecule has 0 aliphatic carbocycles.